The summed E-state index contributed by atoms with van der Waals surface area (Å²) in [5, 5.41) is 9.50. The van der Waals surface area contributed by atoms with Crippen molar-refractivity contribution in [3.8, 4) is 0 Å². The zero-order valence-electron chi connectivity index (χ0n) is 8.03. The Bertz CT molecular complexity index is 261. The van der Waals surface area contributed by atoms with Gasteiger partial charge in [0.05, 0.1) is 6.10 Å². The van der Waals surface area contributed by atoms with Crippen LogP contribution in [0.3, 0.4) is 0 Å². The molecule has 0 aromatic heterocycles. The summed E-state index contributed by atoms with van der Waals surface area (Å²) in [4.78, 5) is 0. The zero-order chi connectivity index (χ0) is 9.68. The van der Waals surface area contributed by atoms with Crippen molar-refractivity contribution < 1.29 is 5.11 Å². The third-order valence-corrected chi connectivity index (χ3v) is 2.03. The van der Waals surface area contributed by atoms with Gasteiger partial charge in [0.2, 0.25) is 0 Å². The Morgan fingerprint density at radius 1 is 1.38 bits per heavy atom. The van der Waals surface area contributed by atoms with Gasteiger partial charge >= 0.3 is 0 Å². The second-order valence-electron chi connectivity index (χ2n) is 3.37. The van der Waals surface area contributed by atoms with E-state index < -0.39 is 0 Å². The van der Waals surface area contributed by atoms with Crippen LogP contribution in [0.4, 0.5) is 0 Å². The molecule has 0 spiro atoms. The van der Waals surface area contributed by atoms with Crippen LogP contribution in [0.2, 0.25) is 0 Å². The van der Waals surface area contributed by atoms with Crippen molar-refractivity contribution in [2.75, 3.05) is 0 Å². The molecule has 13 heavy (non-hydrogen) atoms. The van der Waals surface area contributed by atoms with Gasteiger partial charge in [0.25, 0.3) is 0 Å². The van der Waals surface area contributed by atoms with Crippen LogP contribution in [0.1, 0.15) is 17.5 Å². The van der Waals surface area contributed by atoms with Crippen LogP contribution >= 0.6 is 0 Å². The normalized spacial score (nSPS) is 12.5. The fourth-order valence-corrected chi connectivity index (χ4v) is 1.27. The SMILES string of the molecule is C=CCC(O)Cc1ccc(C)cc1. The van der Waals surface area contributed by atoms with Gasteiger partial charge in [-0.1, -0.05) is 35.9 Å². The Morgan fingerprint density at radius 3 is 2.54 bits per heavy atom. The Morgan fingerprint density at radius 2 is 2.00 bits per heavy atom. The van der Waals surface area contributed by atoms with Gasteiger partial charge in [-0.25, -0.2) is 0 Å². The summed E-state index contributed by atoms with van der Waals surface area (Å²) < 4.78 is 0. The lowest BCUT2D eigenvalue weighted by Crippen LogP contribution is -2.08. The topological polar surface area (TPSA) is 20.2 Å². The average molecular weight is 176 g/mol. The molecule has 0 heterocycles. The van der Waals surface area contributed by atoms with Crippen LogP contribution in [0.5, 0.6) is 0 Å². The van der Waals surface area contributed by atoms with Crippen molar-refractivity contribution in [3.05, 3.63) is 48.0 Å². The van der Waals surface area contributed by atoms with Crippen LogP contribution in [-0.4, -0.2) is 11.2 Å². The average Bonchev–Trinajstić information content (AvgIpc) is 2.09. The number of hydrogen-bond acceptors (Lipinski definition) is 1. The van der Waals surface area contributed by atoms with Gasteiger partial charge < -0.3 is 5.11 Å². The van der Waals surface area contributed by atoms with Gasteiger partial charge in [-0.05, 0) is 25.3 Å². The molecule has 0 aliphatic rings. The highest BCUT2D eigenvalue weighted by atomic mass is 16.3. The molecule has 0 amide bonds. The Kier molecular flexibility index (Phi) is 3.71. The highest BCUT2D eigenvalue weighted by Crippen LogP contribution is 2.07. The van der Waals surface area contributed by atoms with E-state index in [0.717, 1.165) is 0 Å². The van der Waals surface area contributed by atoms with Gasteiger partial charge in [-0.15, -0.1) is 6.58 Å². The maximum atomic E-state index is 9.50. The minimum absolute atomic E-state index is 0.291. The lowest BCUT2D eigenvalue weighted by molar-refractivity contribution is 0.178. The van der Waals surface area contributed by atoms with Crippen molar-refractivity contribution in [1.29, 1.82) is 0 Å². The third-order valence-electron chi connectivity index (χ3n) is 2.03. The van der Waals surface area contributed by atoms with Crippen LogP contribution < -0.4 is 0 Å². The molecular formula is C12H16O. The number of aliphatic hydroxyl groups is 1. The molecule has 1 heteroatoms. The van der Waals surface area contributed by atoms with Crippen molar-refractivity contribution >= 4 is 0 Å². The van der Waals surface area contributed by atoms with E-state index in [1.54, 1.807) is 6.08 Å². The van der Waals surface area contributed by atoms with E-state index in [1.807, 2.05) is 0 Å². The summed E-state index contributed by atoms with van der Waals surface area (Å²) in [5.74, 6) is 0. The summed E-state index contributed by atoms with van der Waals surface area (Å²) in [6.07, 6.45) is 2.83. The predicted octanol–water partition coefficient (Wildman–Crippen LogP) is 2.47. The molecule has 1 aromatic carbocycles. The maximum absolute atomic E-state index is 9.50. The highest BCUT2D eigenvalue weighted by molar-refractivity contribution is 5.21. The molecule has 1 aromatic rings. The Labute approximate surface area is 79.7 Å². The van der Waals surface area contributed by atoms with Crippen molar-refractivity contribution in [3.63, 3.8) is 0 Å². The summed E-state index contributed by atoms with van der Waals surface area (Å²) in [6.45, 7) is 5.66. The predicted molar refractivity (Wildman–Crippen MR) is 55.7 cm³/mol. The van der Waals surface area contributed by atoms with Crippen molar-refractivity contribution in [1.82, 2.24) is 0 Å². The molecule has 1 nitrogen and oxygen atoms in total. The lowest BCUT2D eigenvalue weighted by Gasteiger charge is -2.07. The van der Waals surface area contributed by atoms with Gasteiger partial charge in [-0.2, -0.15) is 0 Å². The van der Waals surface area contributed by atoms with Crippen LogP contribution in [0.25, 0.3) is 0 Å². The van der Waals surface area contributed by atoms with Crippen LogP contribution in [-0.2, 0) is 6.42 Å². The first kappa shape index (κ1) is 10.0. The maximum Gasteiger partial charge on any atom is 0.0614 e. The van der Waals surface area contributed by atoms with Crippen molar-refractivity contribution in [2.45, 2.75) is 25.9 Å². The Balaban J connectivity index is 2.53. The molecular weight excluding hydrogens is 160 g/mol. The van der Waals surface area contributed by atoms with E-state index >= 15 is 0 Å². The molecule has 0 aliphatic carbocycles. The first-order chi connectivity index (χ1) is 6.22. The summed E-state index contributed by atoms with van der Waals surface area (Å²) in [5.41, 5.74) is 2.43. The molecule has 1 unspecified atom stereocenters. The summed E-state index contributed by atoms with van der Waals surface area (Å²) >= 11 is 0. The van der Waals surface area contributed by atoms with Gasteiger partial charge in [0, 0.05) is 0 Å². The lowest BCUT2D eigenvalue weighted by atomic mass is 10.0. The Hall–Kier alpha value is -1.08. The van der Waals surface area contributed by atoms with Crippen LogP contribution in [0.15, 0.2) is 36.9 Å². The third kappa shape index (κ3) is 3.43. The molecule has 0 fully saturated rings. The van der Waals surface area contributed by atoms with E-state index in [-0.39, 0.29) is 6.10 Å². The standard InChI is InChI=1S/C12H16O/c1-3-4-12(13)9-11-7-5-10(2)6-8-11/h3,5-8,12-13H,1,4,9H2,2H3. The zero-order valence-corrected chi connectivity index (χ0v) is 8.03. The van der Waals surface area contributed by atoms with Gasteiger partial charge in [-0.3, -0.25) is 0 Å². The minimum Gasteiger partial charge on any atom is -0.392 e. The summed E-state index contributed by atoms with van der Waals surface area (Å²) in [6, 6.07) is 8.25. The molecule has 0 saturated heterocycles. The number of hydrogen-bond donors (Lipinski definition) is 1. The monoisotopic (exact) mass is 176 g/mol. The first-order valence-electron chi connectivity index (χ1n) is 4.57. The quantitative estimate of drug-likeness (QED) is 0.699. The number of benzene rings is 1. The molecule has 0 radical (unpaired) electrons. The molecule has 1 N–H and O–H groups in total. The van der Waals surface area contributed by atoms with E-state index in [2.05, 4.69) is 37.8 Å². The summed E-state index contributed by atoms with van der Waals surface area (Å²) in [7, 11) is 0. The largest absolute Gasteiger partial charge is 0.392 e. The van der Waals surface area contributed by atoms with E-state index in [1.165, 1.54) is 11.1 Å². The molecule has 0 aliphatic heterocycles. The second kappa shape index (κ2) is 4.83. The van der Waals surface area contributed by atoms with E-state index in [0.29, 0.717) is 12.8 Å². The molecule has 70 valence electrons. The van der Waals surface area contributed by atoms with Gasteiger partial charge in [0.15, 0.2) is 0 Å². The van der Waals surface area contributed by atoms with E-state index in [9.17, 15) is 5.11 Å². The molecule has 1 rings (SSSR count). The fourth-order valence-electron chi connectivity index (χ4n) is 1.27. The smallest absolute Gasteiger partial charge is 0.0614 e. The van der Waals surface area contributed by atoms with Crippen molar-refractivity contribution in [2.24, 2.45) is 0 Å². The fraction of sp³-hybridized carbons (Fsp3) is 0.333. The van der Waals surface area contributed by atoms with Gasteiger partial charge in [0.1, 0.15) is 0 Å². The highest BCUT2D eigenvalue weighted by Gasteiger charge is 2.02. The van der Waals surface area contributed by atoms with Crippen LogP contribution in [0, 0.1) is 6.92 Å². The van der Waals surface area contributed by atoms with E-state index in [4.69, 9.17) is 0 Å². The second-order valence-corrected chi connectivity index (χ2v) is 3.37. The minimum atomic E-state index is -0.291. The first-order valence-corrected chi connectivity index (χ1v) is 4.57. The number of rotatable bonds is 4. The molecule has 0 saturated carbocycles. The number of aryl methyl sites for hydroxylation is 1. The number of aliphatic hydroxyl groups excluding tert-OH is 1. The molecule has 0 bridgehead atoms. The molecule has 1 atom stereocenters.